The molecule has 5 atom stereocenters. The van der Waals surface area contributed by atoms with Gasteiger partial charge in [0.05, 0.1) is 5.60 Å². The predicted molar refractivity (Wildman–Crippen MR) is 77.7 cm³/mol. The zero-order chi connectivity index (χ0) is 13.1. The zero-order valence-electron chi connectivity index (χ0n) is 12.1. The van der Waals surface area contributed by atoms with Gasteiger partial charge in [-0.1, -0.05) is 37.1 Å². The number of rotatable bonds is 0. The smallest absolute Gasteiger partial charge is 0.0678 e. The second-order valence-corrected chi connectivity index (χ2v) is 7.60. The van der Waals surface area contributed by atoms with Gasteiger partial charge < -0.3 is 5.11 Å². The van der Waals surface area contributed by atoms with Crippen molar-refractivity contribution in [2.75, 3.05) is 0 Å². The summed E-state index contributed by atoms with van der Waals surface area (Å²) in [5, 5.41) is 10.9. The van der Waals surface area contributed by atoms with Crippen LogP contribution in [0.3, 0.4) is 0 Å². The molecule has 0 aromatic rings. The molecule has 2 saturated carbocycles. The molecule has 0 aromatic heterocycles. The van der Waals surface area contributed by atoms with E-state index in [-0.39, 0.29) is 5.60 Å². The minimum Gasteiger partial charge on any atom is -0.390 e. The Morgan fingerprint density at radius 2 is 2.11 bits per heavy atom. The summed E-state index contributed by atoms with van der Waals surface area (Å²) in [5.74, 6) is 2.10. The molecule has 104 valence electrons. The highest BCUT2D eigenvalue weighted by Gasteiger charge is 2.55. The van der Waals surface area contributed by atoms with Gasteiger partial charge in [0, 0.05) is 5.41 Å². The van der Waals surface area contributed by atoms with Crippen molar-refractivity contribution >= 4 is 0 Å². The van der Waals surface area contributed by atoms with E-state index in [2.05, 4.69) is 25.2 Å². The molecule has 2 fully saturated rings. The lowest BCUT2D eigenvalue weighted by Gasteiger charge is -2.54. The molecule has 0 aromatic carbocycles. The normalized spacial score (nSPS) is 52.1. The van der Waals surface area contributed by atoms with Crippen molar-refractivity contribution in [3.05, 3.63) is 23.8 Å². The summed E-state index contributed by atoms with van der Waals surface area (Å²) in [5.41, 5.74) is 1.70. The van der Waals surface area contributed by atoms with Gasteiger partial charge in [0.2, 0.25) is 0 Å². The Balaban J connectivity index is 1.73. The van der Waals surface area contributed by atoms with Gasteiger partial charge in [-0.05, 0) is 62.7 Å². The van der Waals surface area contributed by atoms with Gasteiger partial charge in [-0.25, -0.2) is 0 Å². The van der Waals surface area contributed by atoms with E-state index in [1.165, 1.54) is 38.5 Å². The van der Waals surface area contributed by atoms with Gasteiger partial charge in [0.15, 0.2) is 0 Å². The quantitative estimate of drug-likeness (QED) is 0.645. The molecule has 0 radical (unpaired) electrons. The summed E-state index contributed by atoms with van der Waals surface area (Å²) >= 11 is 0. The van der Waals surface area contributed by atoms with Crippen molar-refractivity contribution in [1.82, 2.24) is 0 Å². The van der Waals surface area contributed by atoms with Crippen LogP contribution in [-0.4, -0.2) is 10.7 Å². The average molecular weight is 258 g/mol. The largest absolute Gasteiger partial charge is 0.390 e. The fourth-order valence-corrected chi connectivity index (χ4v) is 5.88. The van der Waals surface area contributed by atoms with Crippen LogP contribution in [-0.2, 0) is 0 Å². The maximum Gasteiger partial charge on any atom is 0.0678 e. The lowest BCUT2D eigenvalue weighted by molar-refractivity contribution is -0.0900. The topological polar surface area (TPSA) is 20.2 Å². The molecule has 0 amide bonds. The van der Waals surface area contributed by atoms with Crippen molar-refractivity contribution in [2.45, 2.75) is 63.9 Å². The second-order valence-electron chi connectivity index (χ2n) is 7.60. The van der Waals surface area contributed by atoms with E-state index < -0.39 is 0 Å². The Bertz CT molecular complexity index is 449. The molecule has 19 heavy (non-hydrogen) atoms. The first-order valence-corrected chi connectivity index (χ1v) is 8.23. The van der Waals surface area contributed by atoms with Crippen LogP contribution in [0.2, 0.25) is 0 Å². The molecule has 4 aliphatic carbocycles. The summed E-state index contributed by atoms with van der Waals surface area (Å²) in [4.78, 5) is 0. The first-order valence-electron chi connectivity index (χ1n) is 8.23. The molecule has 4 aliphatic rings. The van der Waals surface area contributed by atoms with Crippen LogP contribution in [0.1, 0.15) is 58.3 Å². The van der Waals surface area contributed by atoms with Crippen LogP contribution in [0.15, 0.2) is 23.8 Å². The Morgan fingerprint density at radius 1 is 1.21 bits per heavy atom. The van der Waals surface area contributed by atoms with Crippen LogP contribution in [0.5, 0.6) is 0 Å². The number of aliphatic hydroxyl groups is 1. The number of allylic oxidation sites excluding steroid dienone is 4. The third kappa shape index (κ3) is 1.57. The first kappa shape index (κ1) is 12.2. The van der Waals surface area contributed by atoms with Gasteiger partial charge >= 0.3 is 0 Å². The van der Waals surface area contributed by atoms with Crippen molar-refractivity contribution in [3.63, 3.8) is 0 Å². The molecule has 0 spiro atoms. The van der Waals surface area contributed by atoms with E-state index >= 15 is 0 Å². The van der Waals surface area contributed by atoms with Gasteiger partial charge in [0.25, 0.3) is 0 Å². The molecular formula is C18H26O. The molecular weight excluding hydrogens is 232 g/mol. The molecule has 0 heterocycles. The van der Waals surface area contributed by atoms with E-state index in [1.807, 2.05) is 0 Å². The fraction of sp³-hybridized carbons (Fsp3) is 0.778. The van der Waals surface area contributed by atoms with Crippen LogP contribution < -0.4 is 0 Å². The summed E-state index contributed by atoms with van der Waals surface area (Å²) in [6.45, 7) is 2.46. The van der Waals surface area contributed by atoms with Crippen LogP contribution in [0.4, 0.5) is 0 Å². The number of hydrogen-bond acceptors (Lipinski definition) is 1. The van der Waals surface area contributed by atoms with Crippen molar-refractivity contribution in [2.24, 2.45) is 23.2 Å². The molecule has 4 rings (SSSR count). The van der Waals surface area contributed by atoms with E-state index in [0.717, 1.165) is 24.7 Å². The summed E-state index contributed by atoms with van der Waals surface area (Å²) in [6.07, 6.45) is 17.0. The monoisotopic (exact) mass is 258 g/mol. The lowest BCUT2D eigenvalue weighted by Crippen LogP contribution is -2.51. The maximum absolute atomic E-state index is 10.9. The molecule has 1 nitrogen and oxygen atoms in total. The van der Waals surface area contributed by atoms with Crippen LogP contribution >= 0.6 is 0 Å². The molecule has 0 bridgehead atoms. The highest BCUT2D eigenvalue weighted by molar-refractivity contribution is 5.31. The Morgan fingerprint density at radius 3 is 3.00 bits per heavy atom. The van der Waals surface area contributed by atoms with Crippen molar-refractivity contribution < 1.29 is 5.11 Å². The van der Waals surface area contributed by atoms with Gasteiger partial charge in [-0.3, -0.25) is 0 Å². The summed E-state index contributed by atoms with van der Waals surface area (Å²) in [7, 11) is 0. The zero-order valence-corrected chi connectivity index (χ0v) is 12.1. The molecule has 1 N–H and O–H groups in total. The van der Waals surface area contributed by atoms with E-state index in [4.69, 9.17) is 0 Å². The van der Waals surface area contributed by atoms with Gasteiger partial charge in [0.1, 0.15) is 0 Å². The average Bonchev–Trinajstić information content (AvgIpc) is 2.79. The van der Waals surface area contributed by atoms with E-state index in [1.54, 1.807) is 5.57 Å². The third-order valence-electron chi connectivity index (χ3n) is 6.88. The molecule has 1 heteroatoms. The van der Waals surface area contributed by atoms with Crippen LogP contribution in [0, 0.1) is 23.2 Å². The minimum absolute atomic E-state index is 0.304. The van der Waals surface area contributed by atoms with Gasteiger partial charge in [-0.15, -0.1) is 0 Å². The summed E-state index contributed by atoms with van der Waals surface area (Å²) < 4.78 is 0. The molecule has 0 aliphatic heterocycles. The highest BCUT2D eigenvalue weighted by Crippen LogP contribution is 2.60. The van der Waals surface area contributed by atoms with Gasteiger partial charge in [-0.2, -0.15) is 0 Å². The maximum atomic E-state index is 10.9. The molecule has 0 saturated heterocycles. The fourth-order valence-electron chi connectivity index (χ4n) is 5.88. The lowest BCUT2D eigenvalue weighted by atomic mass is 9.51. The van der Waals surface area contributed by atoms with E-state index in [9.17, 15) is 5.11 Å². The standard InChI is InChI=1S/C18H26O/c1-17-10-3-2-5-13(17)7-8-14-15(17)9-12-18(19)11-4-6-16(14)18/h3,7,10,14-16,19H,2,4-6,8-9,11-12H2,1H3/t14-,15+,16+,17+,18-/m1/s1. The summed E-state index contributed by atoms with van der Waals surface area (Å²) in [6, 6.07) is 0. The van der Waals surface area contributed by atoms with Crippen LogP contribution in [0.25, 0.3) is 0 Å². The number of fused-ring (bicyclic) bond motifs is 5. The first-order chi connectivity index (χ1) is 9.13. The predicted octanol–water partition coefficient (Wildman–Crippen LogP) is 4.23. The SMILES string of the molecule is C[C@]12C=CCCC1=CC[C@H]1[C@@H]3CCC[C@@]3(O)CC[C@@H]12. The highest BCUT2D eigenvalue weighted by atomic mass is 16.3. The molecule has 0 unspecified atom stereocenters. The number of hydrogen-bond donors (Lipinski definition) is 1. The van der Waals surface area contributed by atoms with Crippen molar-refractivity contribution in [3.8, 4) is 0 Å². The Hall–Kier alpha value is -0.560. The second kappa shape index (κ2) is 3.97. The third-order valence-corrected chi connectivity index (χ3v) is 6.88. The van der Waals surface area contributed by atoms with Crippen molar-refractivity contribution in [1.29, 1.82) is 0 Å². The minimum atomic E-state index is -0.304. The Labute approximate surface area is 116 Å². The Kier molecular flexibility index (Phi) is 2.55. The van der Waals surface area contributed by atoms with E-state index in [0.29, 0.717) is 11.3 Å².